The largest absolute Gasteiger partial charge is 0.290 e. The molecule has 4 atom stereocenters. The third-order valence-electron chi connectivity index (χ3n) is 10.6. The van der Waals surface area contributed by atoms with Crippen LogP contribution in [0.2, 0.25) is 0 Å². The van der Waals surface area contributed by atoms with Crippen molar-refractivity contribution in [1.29, 1.82) is 0 Å². The summed E-state index contributed by atoms with van der Waals surface area (Å²) in [6.07, 6.45) is 21.7. The zero-order valence-electron chi connectivity index (χ0n) is 34.2. The predicted octanol–water partition coefficient (Wildman–Crippen LogP) is 9.82. The highest BCUT2D eigenvalue weighted by Crippen LogP contribution is 2.45. The molecule has 0 bridgehead atoms. The molecular formula is C48H58N6P4. The fourth-order valence-electron chi connectivity index (χ4n) is 7.56. The fourth-order valence-corrected chi connectivity index (χ4v) is 17.2. The zero-order chi connectivity index (χ0) is 39.8. The third-order valence-corrected chi connectivity index (χ3v) is 20.7. The van der Waals surface area contributed by atoms with Gasteiger partial charge >= 0.3 is 0 Å². The smallest absolute Gasteiger partial charge is 0.0643 e. The number of hydrogen-bond acceptors (Lipinski definition) is 6. The van der Waals surface area contributed by atoms with Crippen LogP contribution in [-0.2, 0) is 13.1 Å². The molecule has 4 aromatic heterocycles. The van der Waals surface area contributed by atoms with Crippen molar-refractivity contribution in [1.82, 2.24) is 29.7 Å². The van der Waals surface area contributed by atoms with Crippen LogP contribution in [0.15, 0.2) is 146 Å². The quantitative estimate of drug-likeness (QED) is 0.142. The van der Waals surface area contributed by atoms with Gasteiger partial charge in [-0.25, -0.2) is 0 Å². The first-order valence-electron chi connectivity index (χ1n) is 20.8. The van der Waals surface area contributed by atoms with E-state index in [0.29, 0.717) is 0 Å². The first-order valence-corrected chi connectivity index (χ1v) is 27.6. The number of pyridine rings is 4. The highest BCUT2D eigenvalue weighted by Gasteiger charge is 2.25. The van der Waals surface area contributed by atoms with Gasteiger partial charge in [-0.05, 0) is 156 Å². The normalized spacial score (nSPS) is 21.1. The lowest BCUT2D eigenvalue weighted by atomic mass is 10.1. The lowest BCUT2D eigenvalue weighted by Gasteiger charge is -2.33. The second-order valence-electron chi connectivity index (χ2n) is 15.4. The summed E-state index contributed by atoms with van der Waals surface area (Å²) in [6, 6.07) is 44.5. The van der Waals surface area contributed by atoms with Gasteiger partial charge in [0, 0.05) is 63.0 Å². The monoisotopic (exact) mass is 842 g/mol. The van der Waals surface area contributed by atoms with Gasteiger partial charge in [-0.2, -0.15) is 0 Å². The second-order valence-corrected chi connectivity index (χ2v) is 24.5. The SMILES string of the molecule is Cc1ccc(CN2CP(c3ccccn3)CCCCP(c3ccccn3)CN(Cc3ccc(C)cc3)CP(c3ccccn3)CCCCP(c3ccccn3)C2)cc1. The van der Waals surface area contributed by atoms with E-state index in [1.54, 1.807) is 0 Å². The lowest BCUT2D eigenvalue weighted by Crippen LogP contribution is -2.30. The number of rotatable bonds is 8. The van der Waals surface area contributed by atoms with Gasteiger partial charge in [-0.1, -0.05) is 83.9 Å². The molecule has 6 aromatic rings. The van der Waals surface area contributed by atoms with Crippen molar-refractivity contribution < 1.29 is 0 Å². The van der Waals surface area contributed by atoms with Crippen molar-refractivity contribution in [3.05, 3.63) is 168 Å². The summed E-state index contributed by atoms with van der Waals surface area (Å²) in [6.45, 7) is 6.26. The maximum absolute atomic E-state index is 5.01. The van der Waals surface area contributed by atoms with Gasteiger partial charge in [0.15, 0.2) is 0 Å². The Balaban J connectivity index is 1.22. The van der Waals surface area contributed by atoms with E-state index in [4.69, 9.17) is 19.9 Å². The molecule has 0 amide bonds. The van der Waals surface area contributed by atoms with Crippen LogP contribution in [0.1, 0.15) is 47.9 Å². The van der Waals surface area contributed by atoms with Crippen molar-refractivity contribution in [2.45, 2.75) is 52.6 Å². The summed E-state index contributed by atoms with van der Waals surface area (Å²) in [4.78, 5) is 25.6. The molecule has 0 aliphatic carbocycles. The van der Waals surface area contributed by atoms with Crippen LogP contribution in [-0.4, -0.2) is 79.5 Å². The molecule has 0 spiro atoms. The molecule has 0 radical (unpaired) electrons. The Morgan fingerprint density at radius 1 is 0.379 bits per heavy atom. The molecule has 7 rings (SSSR count). The molecule has 1 saturated heterocycles. The molecule has 0 N–H and O–H groups in total. The van der Waals surface area contributed by atoms with Crippen molar-refractivity contribution >= 4 is 53.4 Å². The molecule has 1 aliphatic rings. The Labute approximate surface area is 352 Å². The minimum absolute atomic E-state index is 0.490. The summed E-state index contributed by atoms with van der Waals surface area (Å²) in [5, 5.41) is 0. The molecular weight excluding hydrogens is 784 g/mol. The first kappa shape index (κ1) is 42.8. The van der Waals surface area contributed by atoms with Crippen LogP contribution in [0.5, 0.6) is 0 Å². The zero-order valence-corrected chi connectivity index (χ0v) is 37.8. The Morgan fingerprint density at radius 2 is 0.655 bits per heavy atom. The van der Waals surface area contributed by atoms with Gasteiger partial charge in [0.1, 0.15) is 0 Å². The highest BCUT2D eigenvalue weighted by atomic mass is 31.1. The standard InChI is InChI=1S/C48H58N6P4/c1-41-19-23-43(24-20-41)35-53-37-55(45-15-3-7-27-49-45)31-11-13-33-57(47-17-5-9-29-51-47)39-54(36-44-25-21-42(2)22-26-44)40-58(48-18-6-10-30-52-48)34-14-12-32-56(38-53)46-16-4-8-28-50-46/h3-10,15-30H,11-14,31-40H2,1-2H3. The maximum Gasteiger partial charge on any atom is 0.0643 e. The topological polar surface area (TPSA) is 58.0 Å². The van der Waals surface area contributed by atoms with E-state index in [0.717, 1.165) is 38.2 Å². The molecule has 0 saturated carbocycles. The van der Waals surface area contributed by atoms with Crippen molar-refractivity contribution in [2.24, 2.45) is 0 Å². The Morgan fingerprint density at radius 3 is 0.897 bits per heavy atom. The van der Waals surface area contributed by atoms with E-state index in [-0.39, 0.29) is 0 Å². The first-order chi connectivity index (χ1) is 28.6. The molecule has 1 fully saturated rings. The average Bonchev–Trinajstić information content (AvgIpc) is 3.27. The Kier molecular flexibility index (Phi) is 16.9. The van der Waals surface area contributed by atoms with Gasteiger partial charge in [0.05, 0.1) is 21.7 Å². The van der Waals surface area contributed by atoms with Crippen molar-refractivity contribution in [2.75, 3.05) is 49.8 Å². The van der Waals surface area contributed by atoms with Crippen molar-refractivity contribution in [3.8, 4) is 0 Å². The van der Waals surface area contributed by atoms with Gasteiger partial charge < -0.3 is 0 Å². The van der Waals surface area contributed by atoms with Crippen LogP contribution >= 0.6 is 31.7 Å². The van der Waals surface area contributed by atoms with Crippen LogP contribution < -0.4 is 21.7 Å². The van der Waals surface area contributed by atoms with E-state index in [2.05, 4.69) is 145 Å². The second kappa shape index (κ2) is 22.9. The van der Waals surface area contributed by atoms with Gasteiger partial charge in [-0.15, -0.1) is 0 Å². The van der Waals surface area contributed by atoms with E-state index >= 15 is 0 Å². The predicted molar refractivity (Wildman–Crippen MR) is 254 cm³/mol. The number of nitrogens with zero attached hydrogens (tertiary/aromatic N) is 6. The van der Waals surface area contributed by atoms with E-state index in [1.165, 1.54) is 94.3 Å². The minimum Gasteiger partial charge on any atom is -0.290 e. The number of aromatic nitrogens is 4. The molecule has 5 heterocycles. The van der Waals surface area contributed by atoms with Crippen LogP contribution in [0.3, 0.4) is 0 Å². The summed E-state index contributed by atoms with van der Waals surface area (Å²) in [5.74, 6) is 0. The van der Waals surface area contributed by atoms with Gasteiger partial charge in [-0.3, -0.25) is 29.7 Å². The van der Waals surface area contributed by atoms with Crippen LogP contribution in [0, 0.1) is 13.8 Å². The van der Waals surface area contributed by atoms with Crippen molar-refractivity contribution in [3.63, 3.8) is 0 Å². The van der Waals surface area contributed by atoms with E-state index in [9.17, 15) is 0 Å². The molecule has 2 aromatic carbocycles. The summed E-state index contributed by atoms with van der Waals surface area (Å²) in [7, 11) is -1.96. The molecule has 58 heavy (non-hydrogen) atoms. The van der Waals surface area contributed by atoms with Gasteiger partial charge in [0.2, 0.25) is 0 Å². The molecule has 4 unspecified atom stereocenters. The van der Waals surface area contributed by atoms with E-state index < -0.39 is 31.7 Å². The highest BCUT2D eigenvalue weighted by molar-refractivity contribution is 7.67. The Bertz CT molecular complexity index is 1790. The summed E-state index contributed by atoms with van der Waals surface area (Å²) < 4.78 is 0. The summed E-state index contributed by atoms with van der Waals surface area (Å²) >= 11 is 0. The molecule has 300 valence electrons. The molecule has 1 aliphatic heterocycles. The summed E-state index contributed by atoms with van der Waals surface area (Å²) in [5.41, 5.74) is 10.5. The molecule has 6 nitrogen and oxygen atoms in total. The molecule has 10 heteroatoms. The minimum atomic E-state index is -0.490. The lowest BCUT2D eigenvalue weighted by molar-refractivity contribution is 0.363. The number of hydrogen-bond donors (Lipinski definition) is 0. The maximum atomic E-state index is 5.01. The number of aryl methyl sites for hydroxylation is 2. The van der Waals surface area contributed by atoms with Gasteiger partial charge in [0.25, 0.3) is 0 Å². The average molecular weight is 843 g/mol. The van der Waals surface area contributed by atoms with Crippen LogP contribution in [0.4, 0.5) is 0 Å². The Hall–Kier alpha value is -3.32. The third kappa shape index (κ3) is 13.3. The number of benzene rings is 2. The fraction of sp³-hybridized carbons (Fsp3) is 0.333. The van der Waals surface area contributed by atoms with Crippen LogP contribution in [0.25, 0.3) is 0 Å². The van der Waals surface area contributed by atoms with E-state index in [1.807, 2.05) is 24.8 Å².